The van der Waals surface area contributed by atoms with Crippen LogP contribution in [-0.4, -0.2) is 49.8 Å². The maximum absolute atomic E-state index is 5.45. The van der Waals surface area contributed by atoms with Gasteiger partial charge in [-0.25, -0.2) is 0 Å². The van der Waals surface area contributed by atoms with E-state index in [0.717, 1.165) is 38.3 Å². The Balaban J connectivity index is 1.49. The summed E-state index contributed by atoms with van der Waals surface area (Å²) in [4.78, 5) is 2.64. The van der Waals surface area contributed by atoms with Crippen LogP contribution in [0, 0.1) is 0 Å². The van der Waals surface area contributed by atoms with Gasteiger partial charge in [0.25, 0.3) is 0 Å². The maximum Gasteiger partial charge on any atom is 0.0591 e. The van der Waals surface area contributed by atoms with Gasteiger partial charge in [0, 0.05) is 38.3 Å². The highest BCUT2D eigenvalue weighted by atomic mass is 16.5. The molecule has 1 atom stereocenters. The highest BCUT2D eigenvalue weighted by molar-refractivity contribution is 4.91. The van der Waals surface area contributed by atoms with Gasteiger partial charge >= 0.3 is 0 Å². The molecule has 3 nitrogen and oxygen atoms in total. The molecule has 0 aromatic heterocycles. The normalized spacial score (nSPS) is 27.4. The fraction of sp³-hybridized carbons (Fsp3) is 1.00. The third-order valence-electron chi connectivity index (χ3n) is 3.31. The molecule has 2 fully saturated rings. The van der Waals surface area contributed by atoms with E-state index >= 15 is 0 Å². The van der Waals surface area contributed by atoms with Gasteiger partial charge in [-0.2, -0.15) is 0 Å². The van der Waals surface area contributed by atoms with E-state index in [2.05, 4.69) is 17.1 Å². The summed E-state index contributed by atoms with van der Waals surface area (Å²) in [5.74, 6) is 0. The molecule has 0 aromatic carbocycles. The van der Waals surface area contributed by atoms with Crippen molar-refractivity contribution in [2.24, 2.45) is 0 Å². The molecule has 1 aliphatic heterocycles. The lowest BCUT2D eigenvalue weighted by Crippen LogP contribution is -2.35. The minimum Gasteiger partial charge on any atom is -0.380 e. The first kappa shape index (κ1) is 11.4. The molecule has 1 saturated heterocycles. The van der Waals surface area contributed by atoms with Crippen LogP contribution < -0.4 is 5.32 Å². The zero-order chi connectivity index (χ0) is 10.5. The molecule has 2 aliphatic rings. The van der Waals surface area contributed by atoms with E-state index in [0.29, 0.717) is 0 Å². The first-order chi connectivity index (χ1) is 7.40. The molecule has 0 bridgehead atoms. The van der Waals surface area contributed by atoms with Crippen molar-refractivity contribution in [2.75, 3.05) is 32.8 Å². The van der Waals surface area contributed by atoms with Gasteiger partial charge in [-0.15, -0.1) is 0 Å². The minimum absolute atomic E-state index is 0.718. The monoisotopic (exact) mass is 212 g/mol. The lowest BCUT2D eigenvalue weighted by atomic mass is 10.3. The van der Waals surface area contributed by atoms with E-state index in [4.69, 9.17) is 4.74 Å². The summed E-state index contributed by atoms with van der Waals surface area (Å²) in [5.41, 5.74) is 0. The minimum atomic E-state index is 0.718. The quantitative estimate of drug-likeness (QED) is 0.643. The molecule has 0 radical (unpaired) electrons. The molecule has 0 spiro atoms. The molecule has 2 rings (SSSR count). The van der Waals surface area contributed by atoms with Crippen molar-refractivity contribution in [2.45, 2.75) is 44.7 Å². The van der Waals surface area contributed by atoms with Crippen molar-refractivity contribution >= 4 is 0 Å². The molecule has 1 N–H and O–H groups in total. The number of nitrogens with one attached hydrogen (secondary N) is 1. The number of hydrogen-bond acceptors (Lipinski definition) is 3. The maximum atomic E-state index is 5.45. The van der Waals surface area contributed by atoms with Gasteiger partial charge in [-0.05, 0) is 25.7 Å². The molecule has 1 heterocycles. The Morgan fingerprint density at radius 1 is 1.27 bits per heavy atom. The van der Waals surface area contributed by atoms with Gasteiger partial charge in [-0.3, -0.25) is 4.90 Å². The van der Waals surface area contributed by atoms with Gasteiger partial charge in [0.2, 0.25) is 0 Å². The summed E-state index contributed by atoms with van der Waals surface area (Å²) in [6.45, 7) is 7.51. The predicted octanol–water partition coefficient (Wildman–Crippen LogP) is 1.24. The lowest BCUT2D eigenvalue weighted by Gasteiger charge is -2.15. The van der Waals surface area contributed by atoms with Crippen molar-refractivity contribution in [1.29, 1.82) is 0 Å². The van der Waals surface area contributed by atoms with Crippen molar-refractivity contribution < 1.29 is 4.74 Å². The number of hydrogen-bond donors (Lipinski definition) is 1. The molecule has 15 heavy (non-hydrogen) atoms. The number of likely N-dealkylation sites (tertiary alicyclic amines) is 1. The second kappa shape index (κ2) is 5.83. The van der Waals surface area contributed by atoms with Gasteiger partial charge in [-0.1, -0.05) is 6.92 Å². The van der Waals surface area contributed by atoms with Crippen molar-refractivity contribution in [3.05, 3.63) is 0 Å². The number of nitrogens with zero attached hydrogens (tertiary/aromatic N) is 1. The Hall–Kier alpha value is -0.120. The molecule has 3 heteroatoms. The molecular weight excluding hydrogens is 188 g/mol. The summed E-state index contributed by atoms with van der Waals surface area (Å²) in [5, 5.41) is 3.59. The number of ether oxygens (including phenoxy) is 1. The lowest BCUT2D eigenvalue weighted by molar-refractivity contribution is 0.134. The Labute approximate surface area is 93.2 Å². The van der Waals surface area contributed by atoms with Gasteiger partial charge < -0.3 is 10.1 Å². The third-order valence-corrected chi connectivity index (χ3v) is 3.31. The Morgan fingerprint density at radius 3 is 2.87 bits per heavy atom. The van der Waals surface area contributed by atoms with E-state index in [1.165, 1.54) is 32.4 Å². The zero-order valence-corrected chi connectivity index (χ0v) is 9.87. The molecule has 1 unspecified atom stereocenters. The SMILES string of the molecule is CCCOCCNC1CCN(C2CC2)C1. The topological polar surface area (TPSA) is 24.5 Å². The summed E-state index contributed by atoms with van der Waals surface area (Å²) >= 11 is 0. The second-order valence-electron chi connectivity index (χ2n) is 4.78. The summed E-state index contributed by atoms with van der Waals surface area (Å²) in [6, 6.07) is 1.66. The van der Waals surface area contributed by atoms with Crippen molar-refractivity contribution in [3.8, 4) is 0 Å². The summed E-state index contributed by atoms with van der Waals surface area (Å²) < 4.78 is 5.45. The molecule has 1 aliphatic carbocycles. The van der Waals surface area contributed by atoms with Crippen molar-refractivity contribution in [3.63, 3.8) is 0 Å². The molecule has 0 amide bonds. The van der Waals surface area contributed by atoms with Crippen LogP contribution in [-0.2, 0) is 4.74 Å². The van der Waals surface area contributed by atoms with Gasteiger partial charge in [0.05, 0.1) is 6.61 Å². The van der Waals surface area contributed by atoms with Crippen LogP contribution in [0.1, 0.15) is 32.6 Å². The average Bonchev–Trinajstić information content (AvgIpc) is 2.99. The van der Waals surface area contributed by atoms with E-state index in [1.54, 1.807) is 0 Å². The van der Waals surface area contributed by atoms with Crippen LogP contribution in [0.3, 0.4) is 0 Å². The second-order valence-corrected chi connectivity index (χ2v) is 4.78. The smallest absolute Gasteiger partial charge is 0.0591 e. The van der Waals surface area contributed by atoms with Gasteiger partial charge in [0.15, 0.2) is 0 Å². The van der Waals surface area contributed by atoms with E-state index in [-0.39, 0.29) is 0 Å². The Morgan fingerprint density at radius 2 is 2.13 bits per heavy atom. The molecule has 1 saturated carbocycles. The fourth-order valence-corrected chi connectivity index (χ4v) is 2.31. The number of rotatable bonds is 7. The van der Waals surface area contributed by atoms with E-state index < -0.39 is 0 Å². The highest BCUT2D eigenvalue weighted by Crippen LogP contribution is 2.29. The fourth-order valence-electron chi connectivity index (χ4n) is 2.31. The Kier molecular flexibility index (Phi) is 4.42. The van der Waals surface area contributed by atoms with Crippen LogP contribution in [0.5, 0.6) is 0 Å². The van der Waals surface area contributed by atoms with Crippen molar-refractivity contribution in [1.82, 2.24) is 10.2 Å². The van der Waals surface area contributed by atoms with Gasteiger partial charge in [0.1, 0.15) is 0 Å². The van der Waals surface area contributed by atoms with E-state index in [1.807, 2.05) is 0 Å². The van der Waals surface area contributed by atoms with Crippen LogP contribution in [0.2, 0.25) is 0 Å². The van der Waals surface area contributed by atoms with Crippen LogP contribution in [0.4, 0.5) is 0 Å². The van der Waals surface area contributed by atoms with Crippen LogP contribution in [0.25, 0.3) is 0 Å². The third kappa shape index (κ3) is 3.74. The van der Waals surface area contributed by atoms with Crippen LogP contribution >= 0.6 is 0 Å². The summed E-state index contributed by atoms with van der Waals surface area (Å²) in [7, 11) is 0. The predicted molar refractivity (Wildman–Crippen MR) is 62.1 cm³/mol. The van der Waals surface area contributed by atoms with Crippen LogP contribution in [0.15, 0.2) is 0 Å². The standard InChI is InChI=1S/C12H24N2O/c1-2-8-15-9-6-13-11-5-7-14(10-11)12-3-4-12/h11-13H,2-10H2,1H3. The summed E-state index contributed by atoms with van der Waals surface area (Å²) in [6.07, 6.45) is 5.32. The van der Waals surface area contributed by atoms with E-state index in [9.17, 15) is 0 Å². The highest BCUT2D eigenvalue weighted by Gasteiger charge is 2.33. The zero-order valence-electron chi connectivity index (χ0n) is 9.87. The molecular formula is C12H24N2O. The first-order valence-corrected chi connectivity index (χ1v) is 6.45. The Bertz CT molecular complexity index is 182. The largest absolute Gasteiger partial charge is 0.380 e. The average molecular weight is 212 g/mol. The molecule has 88 valence electrons. The molecule has 0 aromatic rings. The first-order valence-electron chi connectivity index (χ1n) is 6.45.